The number of aryl methyl sites for hydroxylation is 1. The van der Waals surface area contributed by atoms with E-state index in [4.69, 9.17) is 0 Å². The number of hydrogen-bond donors (Lipinski definition) is 3. The van der Waals surface area contributed by atoms with E-state index in [1.165, 1.54) is 0 Å². The van der Waals surface area contributed by atoms with Crippen molar-refractivity contribution in [1.82, 2.24) is 20.6 Å². The molecule has 1 atom stereocenters. The number of carbonyl (C=O) groups is 1. The largest absolute Gasteiger partial charge is 0.387 e. The zero-order valence-corrected chi connectivity index (χ0v) is 15.4. The zero-order chi connectivity index (χ0) is 18.7. The van der Waals surface area contributed by atoms with Gasteiger partial charge in [0.25, 0.3) is 5.91 Å². The first kappa shape index (κ1) is 18.3. The predicted octanol–water partition coefficient (Wildman–Crippen LogP) is 0.972. The maximum atomic E-state index is 12.3. The Balaban J connectivity index is 1.71. The van der Waals surface area contributed by atoms with Crippen molar-refractivity contribution >= 4 is 11.9 Å². The number of hydrogen-bond acceptors (Lipinski definition) is 6. The van der Waals surface area contributed by atoms with Gasteiger partial charge in [-0.25, -0.2) is 9.97 Å². The number of nitrogens with zero attached hydrogens (tertiary/aromatic N) is 3. The Morgan fingerprint density at radius 1 is 1.31 bits per heavy atom. The Kier molecular flexibility index (Phi) is 5.20. The maximum Gasteiger partial charge on any atom is 0.251 e. The molecule has 0 aliphatic carbocycles. The molecule has 0 bridgehead atoms. The van der Waals surface area contributed by atoms with Crippen LogP contribution in [-0.2, 0) is 0 Å². The third-order valence-electron chi connectivity index (χ3n) is 4.48. The van der Waals surface area contributed by atoms with Crippen LogP contribution in [0.25, 0.3) is 11.3 Å². The zero-order valence-electron chi connectivity index (χ0n) is 15.4. The first-order valence-corrected chi connectivity index (χ1v) is 8.71. The highest BCUT2D eigenvalue weighted by molar-refractivity contribution is 5.94. The van der Waals surface area contributed by atoms with Gasteiger partial charge in [-0.05, 0) is 38.1 Å². The lowest BCUT2D eigenvalue weighted by Gasteiger charge is -2.21. The Morgan fingerprint density at radius 2 is 2.04 bits per heavy atom. The van der Waals surface area contributed by atoms with Crippen molar-refractivity contribution in [2.24, 2.45) is 0 Å². The summed E-state index contributed by atoms with van der Waals surface area (Å²) in [6.45, 7) is 3.46. The first-order valence-electron chi connectivity index (χ1n) is 8.71. The number of aromatic nitrogens is 2. The maximum absolute atomic E-state index is 12.3. The van der Waals surface area contributed by atoms with E-state index < -0.39 is 5.60 Å². The van der Waals surface area contributed by atoms with Crippen LogP contribution in [0.15, 0.2) is 30.3 Å². The summed E-state index contributed by atoms with van der Waals surface area (Å²) < 4.78 is 0. The lowest BCUT2D eigenvalue weighted by molar-refractivity contribution is 0.0562. The number of amides is 1. The molecule has 1 aromatic heterocycles. The molecule has 0 spiro atoms. The van der Waals surface area contributed by atoms with Crippen molar-refractivity contribution in [2.45, 2.75) is 18.9 Å². The standard InChI is InChI=1S/C19H25N5O2/c1-13-10-16(23-18(22-13)24(2)3)14-4-6-15(7-5-14)17(25)21-12-19(26)8-9-20-11-19/h4-7,10,20,26H,8-9,11-12H2,1-3H3,(H,21,25)/t19-/m0/s1. The van der Waals surface area contributed by atoms with E-state index in [2.05, 4.69) is 20.6 Å². The average molecular weight is 355 g/mol. The van der Waals surface area contributed by atoms with Crippen LogP contribution in [0.5, 0.6) is 0 Å². The van der Waals surface area contributed by atoms with Crippen LogP contribution < -0.4 is 15.5 Å². The monoisotopic (exact) mass is 355 g/mol. The molecule has 3 rings (SSSR count). The Labute approximate surface area is 153 Å². The van der Waals surface area contributed by atoms with Crippen molar-refractivity contribution in [3.63, 3.8) is 0 Å². The molecule has 7 heteroatoms. The molecule has 1 aromatic carbocycles. The van der Waals surface area contributed by atoms with E-state index >= 15 is 0 Å². The van der Waals surface area contributed by atoms with Gasteiger partial charge in [0, 0.05) is 44.0 Å². The minimum absolute atomic E-state index is 0.190. The molecule has 2 aromatic rings. The van der Waals surface area contributed by atoms with E-state index in [0.717, 1.165) is 23.5 Å². The molecular formula is C19H25N5O2. The van der Waals surface area contributed by atoms with Gasteiger partial charge in [0.2, 0.25) is 5.95 Å². The average Bonchev–Trinajstić information content (AvgIpc) is 3.06. The molecule has 1 fully saturated rings. The highest BCUT2D eigenvalue weighted by Crippen LogP contribution is 2.21. The summed E-state index contributed by atoms with van der Waals surface area (Å²) in [7, 11) is 3.81. The lowest BCUT2D eigenvalue weighted by Crippen LogP contribution is -2.44. The van der Waals surface area contributed by atoms with Crippen molar-refractivity contribution in [3.05, 3.63) is 41.6 Å². The Bertz CT molecular complexity index is 783. The third-order valence-corrected chi connectivity index (χ3v) is 4.48. The van der Waals surface area contributed by atoms with Crippen molar-refractivity contribution < 1.29 is 9.90 Å². The second kappa shape index (κ2) is 7.39. The fourth-order valence-corrected chi connectivity index (χ4v) is 2.92. The minimum Gasteiger partial charge on any atom is -0.387 e. The second-order valence-corrected chi connectivity index (χ2v) is 7.00. The highest BCUT2D eigenvalue weighted by Gasteiger charge is 2.31. The van der Waals surface area contributed by atoms with Crippen LogP contribution >= 0.6 is 0 Å². The van der Waals surface area contributed by atoms with Gasteiger partial charge >= 0.3 is 0 Å². The molecule has 1 aliphatic rings. The number of aliphatic hydroxyl groups is 1. The van der Waals surface area contributed by atoms with Crippen LogP contribution in [0.3, 0.4) is 0 Å². The van der Waals surface area contributed by atoms with Gasteiger partial charge in [-0.3, -0.25) is 4.79 Å². The number of nitrogens with one attached hydrogen (secondary N) is 2. The summed E-state index contributed by atoms with van der Waals surface area (Å²) in [5.41, 5.74) is 2.34. The molecule has 1 aliphatic heterocycles. The smallest absolute Gasteiger partial charge is 0.251 e. The molecular weight excluding hydrogens is 330 g/mol. The van der Waals surface area contributed by atoms with E-state index in [0.29, 0.717) is 24.5 Å². The first-order chi connectivity index (χ1) is 12.4. The second-order valence-electron chi connectivity index (χ2n) is 7.00. The molecule has 0 saturated carbocycles. The molecule has 7 nitrogen and oxygen atoms in total. The normalized spacial score (nSPS) is 19.4. The number of rotatable bonds is 5. The summed E-state index contributed by atoms with van der Waals surface area (Å²) in [4.78, 5) is 23.1. The Hall–Kier alpha value is -2.51. The lowest BCUT2D eigenvalue weighted by atomic mass is 10.0. The van der Waals surface area contributed by atoms with Gasteiger partial charge in [0.05, 0.1) is 11.3 Å². The fraction of sp³-hybridized carbons (Fsp3) is 0.421. The van der Waals surface area contributed by atoms with E-state index in [1.54, 1.807) is 12.1 Å². The van der Waals surface area contributed by atoms with Crippen molar-refractivity contribution in [1.29, 1.82) is 0 Å². The van der Waals surface area contributed by atoms with Gasteiger partial charge in [0.15, 0.2) is 0 Å². The molecule has 0 radical (unpaired) electrons. The topological polar surface area (TPSA) is 90.4 Å². The van der Waals surface area contributed by atoms with Crippen LogP contribution in [-0.4, -0.2) is 60.3 Å². The number of benzene rings is 1. The van der Waals surface area contributed by atoms with E-state index in [9.17, 15) is 9.90 Å². The van der Waals surface area contributed by atoms with Crippen molar-refractivity contribution in [3.8, 4) is 11.3 Å². The van der Waals surface area contributed by atoms with E-state index in [1.807, 2.05) is 44.1 Å². The van der Waals surface area contributed by atoms with Gasteiger partial charge in [-0.1, -0.05) is 12.1 Å². The van der Waals surface area contributed by atoms with Crippen LogP contribution in [0.1, 0.15) is 22.5 Å². The number of anilines is 1. The minimum atomic E-state index is -0.851. The van der Waals surface area contributed by atoms with E-state index in [-0.39, 0.29) is 12.5 Å². The summed E-state index contributed by atoms with van der Waals surface area (Å²) in [6, 6.07) is 9.22. The molecule has 0 unspecified atom stereocenters. The van der Waals surface area contributed by atoms with Gasteiger partial charge in [-0.15, -0.1) is 0 Å². The van der Waals surface area contributed by atoms with Gasteiger partial charge in [-0.2, -0.15) is 0 Å². The summed E-state index contributed by atoms with van der Waals surface area (Å²) in [6.07, 6.45) is 0.646. The molecule has 138 valence electrons. The van der Waals surface area contributed by atoms with Crippen LogP contribution in [0.2, 0.25) is 0 Å². The molecule has 1 saturated heterocycles. The van der Waals surface area contributed by atoms with Gasteiger partial charge in [0.1, 0.15) is 0 Å². The Morgan fingerprint density at radius 3 is 2.65 bits per heavy atom. The molecule has 26 heavy (non-hydrogen) atoms. The predicted molar refractivity (Wildman–Crippen MR) is 101 cm³/mol. The molecule has 1 amide bonds. The number of β-amino-alcohol motifs (C(OH)–C–C–N with tert-alkyl or cyclic N) is 1. The van der Waals surface area contributed by atoms with Crippen molar-refractivity contribution in [2.75, 3.05) is 38.6 Å². The van der Waals surface area contributed by atoms with Crippen LogP contribution in [0, 0.1) is 6.92 Å². The summed E-state index contributed by atoms with van der Waals surface area (Å²) >= 11 is 0. The molecule has 2 heterocycles. The quantitative estimate of drug-likeness (QED) is 0.741. The number of carbonyl (C=O) groups excluding carboxylic acids is 1. The van der Waals surface area contributed by atoms with Crippen LogP contribution in [0.4, 0.5) is 5.95 Å². The SMILES string of the molecule is Cc1cc(-c2ccc(C(=O)NC[C@]3(O)CCNC3)cc2)nc(N(C)C)n1. The third kappa shape index (κ3) is 4.17. The summed E-state index contributed by atoms with van der Waals surface area (Å²) in [5, 5.41) is 16.2. The highest BCUT2D eigenvalue weighted by atomic mass is 16.3. The molecule has 3 N–H and O–H groups in total. The fourth-order valence-electron chi connectivity index (χ4n) is 2.92. The summed E-state index contributed by atoms with van der Waals surface area (Å²) in [5.74, 6) is 0.463. The van der Waals surface area contributed by atoms with Gasteiger partial charge < -0.3 is 20.6 Å².